The van der Waals surface area contributed by atoms with Crippen LogP contribution < -0.4 is 5.32 Å². The summed E-state index contributed by atoms with van der Waals surface area (Å²) in [5.74, 6) is 0.0585. The van der Waals surface area contributed by atoms with Crippen LogP contribution in [-0.2, 0) is 16.0 Å². The number of hydrogen-bond acceptors (Lipinski definition) is 4. The molecule has 0 radical (unpaired) electrons. The second kappa shape index (κ2) is 6.83. The van der Waals surface area contributed by atoms with Gasteiger partial charge in [0.05, 0.1) is 18.6 Å². The van der Waals surface area contributed by atoms with Crippen LogP contribution in [0.3, 0.4) is 0 Å². The Bertz CT molecular complexity index is 565. The second-order valence-electron chi connectivity index (χ2n) is 5.24. The summed E-state index contributed by atoms with van der Waals surface area (Å²) in [5, 5.41) is 7.34. The average molecular weight is 302 g/mol. The lowest BCUT2D eigenvalue weighted by atomic mass is 10.0. The van der Waals surface area contributed by atoms with Gasteiger partial charge in [-0.15, -0.1) is 0 Å². The van der Waals surface area contributed by atoms with E-state index < -0.39 is 0 Å². The van der Waals surface area contributed by atoms with Crippen LogP contribution in [0.2, 0.25) is 0 Å². The van der Waals surface area contributed by atoms with E-state index in [1.54, 1.807) is 17.5 Å². The van der Waals surface area contributed by atoms with Crippen molar-refractivity contribution in [1.82, 2.24) is 10.3 Å². The normalized spacial score (nSPS) is 19.3. The molecule has 2 aromatic rings. The predicted octanol–water partition coefficient (Wildman–Crippen LogP) is 2.58. The Hall–Kier alpha value is -1.72. The Morgan fingerprint density at radius 3 is 3.14 bits per heavy atom. The van der Waals surface area contributed by atoms with Crippen molar-refractivity contribution >= 4 is 17.2 Å². The molecule has 0 saturated carbocycles. The number of carbonyl (C=O) groups excluding carboxylic acids is 1. The summed E-state index contributed by atoms with van der Waals surface area (Å²) in [6.07, 6.45) is 5.17. The zero-order valence-electron chi connectivity index (χ0n) is 11.7. The third kappa shape index (κ3) is 3.68. The minimum atomic E-state index is -0.0404. The molecule has 0 bridgehead atoms. The van der Waals surface area contributed by atoms with Crippen LogP contribution in [0.25, 0.3) is 0 Å². The minimum Gasteiger partial charge on any atom is -0.381 e. The van der Waals surface area contributed by atoms with Crippen molar-refractivity contribution in [3.63, 3.8) is 0 Å². The Labute approximate surface area is 128 Å². The summed E-state index contributed by atoms with van der Waals surface area (Å²) in [7, 11) is 0. The molecule has 3 heterocycles. The van der Waals surface area contributed by atoms with E-state index in [1.807, 2.05) is 18.3 Å². The van der Waals surface area contributed by atoms with Gasteiger partial charge in [-0.2, -0.15) is 11.3 Å². The fourth-order valence-corrected chi connectivity index (χ4v) is 3.19. The number of nitrogens with one attached hydrogen (secondary N) is 1. The molecule has 0 aliphatic carbocycles. The molecular weight excluding hydrogens is 284 g/mol. The van der Waals surface area contributed by atoms with Gasteiger partial charge in [0.25, 0.3) is 0 Å². The summed E-state index contributed by atoms with van der Waals surface area (Å²) in [4.78, 5) is 16.5. The van der Waals surface area contributed by atoms with E-state index in [2.05, 4.69) is 27.1 Å². The zero-order chi connectivity index (χ0) is 14.5. The molecule has 1 fully saturated rings. The lowest BCUT2D eigenvalue weighted by Gasteiger charge is -2.20. The number of carbonyl (C=O) groups is 1. The van der Waals surface area contributed by atoms with Crippen molar-refractivity contribution in [3.8, 4) is 0 Å². The third-order valence-corrected chi connectivity index (χ3v) is 4.46. The standard InChI is InChI=1S/C16H18N2O2S/c19-16(14-3-6-20-10-14)18-15(8-12-4-7-21-11-12)13-2-1-5-17-9-13/h1-2,4-5,7,9,11,14-15H,3,6,8,10H2,(H,18,19)/t14-,15-/m1/s1. The first-order valence-electron chi connectivity index (χ1n) is 7.12. The van der Waals surface area contributed by atoms with Crippen LogP contribution >= 0.6 is 11.3 Å². The van der Waals surface area contributed by atoms with Gasteiger partial charge in [-0.1, -0.05) is 6.07 Å². The van der Waals surface area contributed by atoms with Crippen LogP contribution in [-0.4, -0.2) is 24.1 Å². The van der Waals surface area contributed by atoms with Crippen LogP contribution in [0, 0.1) is 5.92 Å². The molecule has 1 amide bonds. The fourth-order valence-electron chi connectivity index (χ4n) is 2.51. The zero-order valence-corrected chi connectivity index (χ0v) is 12.5. The molecule has 1 aliphatic heterocycles. The van der Waals surface area contributed by atoms with Gasteiger partial charge in [-0.05, 0) is 46.9 Å². The molecule has 1 saturated heterocycles. The highest BCUT2D eigenvalue weighted by atomic mass is 32.1. The van der Waals surface area contributed by atoms with Crippen LogP contribution in [0.1, 0.15) is 23.6 Å². The lowest BCUT2D eigenvalue weighted by molar-refractivity contribution is -0.125. The molecule has 0 unspecified atom stereocenters. The van der Waals surface area contributed by atoms with Gasteiger partial charge < -0.3 is 10.1 Å². The topological polar surface area (TPSA) is 51.2 Å². The number of pyridine rings is 1. The van der Waals surface area contributed by atoms with Crippen molar-refractivity contribution in [2.75, 3.05) is 13.2 Å². The summed E-state index contributed by atoms with van der Waals surface area (Å²) in [6, 6.07) is 5.97. The molecule has 21 heavy (non-hydrogen) atoms. The van der Waals surface area contributed by atoms with Crippen molar-refractivity contribution in [2.24, 2.45) is 5.92 Å². The Kier molecular flexibility index (Phi) is 4.62. The Morgan fingerprint density at radius 2 is 2.48 bits per heavy atom. The monoisotopic (exact) mass is 302 g/mol. The van der Waals surface area contributed by atoms with E-state index >= 15 is 0 Å². The average Bonchev–Trinajstić information content (AvgIpc) is 3.21. The first kappa shape index (κ1) is 14.2. The van der Waals surface area contributed by atoms with Gasteiger partial charge in [0.1, 0.15) is 0 Å². The molecule has 1 aliphatic rings. The van der Waals surface area contributed by atoms with Crippen LogP contribution in [0.4, 0.5) is 0 Å². The van der Waals surface area contributed by atoms with E-state index in [0.29, 0.717) is 13.2 Å². The first-order chi connectivity index (χ1) is 10.3. The Morgan fingerprint density at radius 1 is 1.52 bits per heavy atom. The number of aromatic nitrogens is 1. The van der Waals surface area contributed by atoms with Gasteiger partial charge in [-0.3, -0.25) is 9.78 Å². The highest BCUT2D eigenvalue weighted by Crippen LogP contribution is 2.21. The van der Waals surface area contributed by atoms with Crippen molar-refractivity contribution in [3.05, 3.63) is 52.5 Å². The number of amides is 1. The maximum Gasteiger partial charge on any atom is 0.226 e. The smallest absolute Gasteiger partial charge is 0.226 e. The SMILES string of the molecule is O=C(N[C@H](Cc1ccsc1)c1cccnc1)[C@@H]1CCOC1. The fraction of sp³-hybridized carbons (Fsp3) is 0.375. The second-order valence-corrected chi connectivity index (χ2v) is 6.02. The maximum absolute atomic E-state index is 12.3. The summed E-state index contributed by atoms with van der Waals surface area (Å²) in [5.41, 5.74) is 2.27. The van der Waals surface area contributed by atoms with Gasteiger partial charge >= 0.3 is 0 Å². The van der Waals surface area contributed by atoms with E-state index in [0.717, 1.165) is 18.4 Å². The molecule has 2 aromatic heterocycles. The molecule has 0 spiro atoms. The molecule has 4 nitrogen and oxygen atoms in total. The predicted molar refractivity (Wildman–Crippen MR) is 82.1 cm³/mol. The first-order valence-corrected chi connectivity index (χ1v) is 8.06. The third-order valence-electron chi connectivity index (χ3n) is 3.72. The Balaban J connectivity index is 1.73. The number of hydrogen-bond donors (Lipinski definition) is 1. The van der Waals surface area contributed by atoms with Crippen LogP contribution in [0.15, 0.2) is 41.4 Å². The van der Waals surface area contributed by atoms with Crippen LogP contribution in [0.5, 0.6) is 0 Å². The van der Waals surface area contributed by atoms with Crippen molar-refractivity contribution < 1.29 is 9.53 Å². The minimum absolute atomic E-state index is 0.0216. The molecule has 0 aromatic carbocycles. The quantitative estimate of drug-likeness (QED) is 0.923. The number of nitrogens with zero attached hydrogens (tertiary/aromatic N) is 1. The van der Waals surface area contributed by atoms with Gasteiger partial charge in [-0.25, -0.2) is 0 Å². The van der Waals surface area contributed by atoms with Crippen molar-refractivity contribution in [2.45, 2.75) is 18.9 Å². The number of ether oxygens (including phenoxy) is 1. The van der Waals surface area contributed by atoms with Gasteiger partial charge in [0.15, 0.2) is 0 Å². The summed E-state index contributed by atoms with van der Waals surface area (Å²) < 4.78 is 5.30. The molecule has 2 atom stereocenters. The van der Waals surface area contributed by atoms with E-state index in [4.69, 9.17) is 4.74 Å². The van der Waals surface area contributed by atoms with Gasteiger partial charge in [0, 0.05) is 19.0 Å². The molecule has 5 heteroatoms. The largest absolute Gasteiger partial charge is 0.381 e. The number of rotatable bonds is 5. The van der Waals surface area contributed by atoms with E-state index in [9.17, 15) is 4.79 Å². The van der Waals surface area contributed by atoms with E-state index in [-0.39, 0.29) is 17.9 Å². The number of thiophene rings is 1. The van der Waals surface area contributed by atoms with Crippen molar-refractivity contribution in [1.29, 1.82) is 0 Å². The molecule has 110 valence electrons. The lowest BCUT2D eigenvalue weighted by Crippen LogP contribution is -2.35. The van der Waals surface area contributed by atoms with E-state index in [1.165, 1.54) is 5.56 Å². The van der Waals surface area contributed by atoms with Gasteiger partial charge in [0.2, 0.25) is 5.91 Å². The maximum atomic E-state index is 12.3. The molecule has 3 rings (SSSR count). The summed E-state index contributed by atoms with van der Waals surface area (Å²) in [6.45, 7) is 1.21. The highest BCUT2D eigenvalue weighted by molar-refractivity contribution is 7.07. The molecule has 1 N–H and O–H groups in total. The highest BCUT2D eigenvalue weighted by Gasteiger charge is 2.26. The molecular formula is C16H18N2O2S. The summed E-state index contributed by atoms with van der Waals surface area (Å²) >= 11 is 1.67.